The molecule has 0 aliphatic carbocycles. The Kier molecular flexibility index (Phi) is 6.14. The minimum absolute atomic E-state index is 0.227. The van der Waals surface area contributed by atoms with Crippen molar-refractivity contribution >= 4 is 5.69 Å². The minimum Gasteiger partial charge on any atom is -0.378 e. The van der Waals surface area contributed by atoms with Gasteiger partial charge in [0.05, 0.1) is 18.1 Å². The summed E-state index contributed by atoms with van der Waals surface area (Å²) in [6.45, 7) is 3.37. The number of aryl methyl sites for hydroxylation is 1. The normalized spacial score (nSPS) is 18.2. The third-order valence-corrected chi connectivity index (χ3v) is 4.74. The van der Waals surface area contributed by atoms with Crippen LogP contribution in [0.5, 0.6) is 0 Å². The zero-order valence-corrected chi connectivity index (χ0v) is 14.3. The van der Waals surface area contributed by atoms with E-state index in [0.717, 1.165) is 51.1 Å². The third kappa shape index (κ3) is 4.87. The first-order valence-corrected chi connectivity index (χ1v) is 8.82. The van der Waals surface area contributed by atoms with E-state index in [1.54, 1.807) is 12.1 Å². The lowest BCUT2D eigenvalue weighted by atomic mass is 10.0. The lowest BCUT2D eigenvalue weighted by Gasteiger charge is -2.35. The molecule has 0 spiro atoms. The van der Waals surface area contributed by atoms with Crippen LogP contribution < -0.4 is 0 Å². The van der Waals surface area contributed by atoms with Gasteiger partial charge in [0.1, 0.15) is 0 Å². The second-order valence-electron chi connectivity index (χ2n) is 6.44. The largest absolute Gasteiger partial charge is 0.378 e. The highest BCUT2D eigenvalue weighted by Crippen LogP contribution is 2.20. The molecular weight excluding hydrogens is 316 g/mol. The van der Waals surface area contributed by atoms with Gasteiger partial charge in [-0.3, -0.25) is 15.0 Å². The average molecular weight is 340 g/mol. The molecular formula is C20H24N2O3. The van der Waals surface area contributed by atoms with E-state index >= 15 is 0 Å². The Morgan fingerprint density at radius 1 is 1.12 bits per heavy atom. The summed E-state index contributed by atoms with van der Waals surface area (Å²) in [6.07, 6.45) is 2.62. The highest BCUT2D eigenvalue weighted by molar-refractivity contribution is 5.39. The van der Waals surface area contributed by atoms with Crippen LogP contribution in [-0.4, -0.2) is 42.2 Å². The lowest BCUT2D eigenvalue weighted by molar-refractivity contribution is -0.385. The molecule has 2 aromatic rings. The monoisotopic (exact) mass is 340 g/mol. The molecule has 0 amide bonds. The van der Waals surface area contributed by atoms with Crippen LogP contribution in [-0.2, 0) is 17.6 Å². The maximum Gasteiger partial charge on any atom is 0.272 e. The maximum atomic E-state index is 11.1. The Morgan fingerprint density at radius 2 is 1.88 bits per heavy atom. The van der Waals surface area contributed by atoms with Crippen LogP contribution in [0.2, 0.25) is 0 Å². The standard InChI is InChI=1S/C20H24N2O3/c23-22(24)20-11-5-4-9-18(20)10-6-12-21-13-14-25-16-19(21)15-17-7-2-1-3-8-17/h1-5,7-9,11,19H,6,10,12-16H2/t19-/m0/s1. The summed E-state index contributed by atoms with van der Waals surface area (Å²) in [7, 11) is 0. The number of nitro groups is 1. The van der Waals surface area contributed by atoms with Crippen molar-refractivity contribution in [2.24, 2.45) is 0 Å². The first-order valence-electron chi connectivity index (χ1n) is 8.82. The molecule has 1 atom stereocenters. The second kappa shape index (κ2) is 8.74. The fraction of sp³-hybridized carbons (Fsp3) is 0.400. The van der Waals surface area contributed by atoms with Gasteiger partial charge in [-0.25, -0.2) is 0 Å². The van der Waals surface area contributed by atoms with Gasteiger partial charge in [0.15, 0.2) is 0 Å². The van der Waals surface area contributed by atoms with Crippen LogP contribution in [0.4, 0.5) is 5.69 Å². The van der Waals surface area contributed by atoms with Gasteiger partial charge in [0, 0.05) is 24.2 Å². The van der Waals surface area contributed by atoms with Gasteiger partial charge in [0.2, 0.25) is 0 Å². The van der Waals surface area contributed by atoms with E-state index in [4.69, 9.17) is 4.74 Å². The van der Waals surface area contributed by atoms with Crippen LogP contribution >= 0.6 is 0 Å². The van der Waals surface area contributed by atoms with E-state index < -0.39 is 0 Å². The fourth-order valence-corrected chi connectivity index (χ4v) is 3.43. The van der Waals surface area contributed by atoms with Crippen LogP contribution in [0.25, 0.3) is 0 Å². The van der Waals surface area contributed by atoms with Crippen molar-refractivity contribution in [2.45, 2.75) is 25.3 Å². The van der Waals surface area contributed by atoms with Gasteiger partial charge in [-0.2, -0.15) is 0 Å². The summed E-state index contributed by atoms with van der Waals surface area (Å²) in [5.41, 5.74) is 2.37. The van der Waals surface area contributed by atoms with Crippen LogP contribution in [0.15, 0.2) is 54.6 Å². The van der Waals surface area contributed by atoms with E-state index in [2.05, 4.69) is 29.2 Å². The number of benzene rings is 2. The van der Waals surface area contributed by atoms with Crippen molar-refractivity contribution < 1.29 is 9.66 Å². The molecule has 132 valence electrons. The number of nitrogens with zero attached hydrogens (tertiary/aromatic N) is 2. The minimum atomic E-state index is -0.289. The number of morpholine rings is 1. The summed E-state index contributed by atoms with van der Waals surface area (Å²) in [4.78, 5) is 13.3. The molecule has 3 rings (SSSR count). The van der Waals surface area contributed by atoms with Gasteiger partial charge < -0.3 is 4.74 Å². The zero-order chi connectivity index (χ0) is 17.5. The second-order valence-corrected chi connectivity index (χ2v) is 6.44. The van der Waals surface area contributed by atoms with Crippen molar-refractivity contribution in [3.8, 4) is 0 Å². The molecule has 2 aromatic carbocycles. The average Bonchev–Trinajstić information content (AvgIpc) is 2.64. The molecule has 5 nitrogen and oxygen atoms in total. The molecule has 5 heteroatoms. The topological polar surface area (TPSA) is 55.6 Å². The quantitative estimate of drug-likeness (QED) is 0.572. The molecule has 25 heavy (non-hydrogen) atoms. The molecule has 1 heterocycles. The Bertz CT molecular complexity index is 690. The van der Waals surface area contributed by atoms with E-state index in [-0.39, 0.29) is 10.6 Å². The fourth-order valence-electron chi connectivity index (χ4n) is 3.43. The van der Waals surface area contributed by atoms with Crippen LogP contribution in [0.3, 0.4) is 0 Å². The predicted octanol–water partition coefficient (Wildman–Crippen LogP) is 3.47. The molecule has 0 N–H and O–H groups in total. The van der Waals surface area contributed by atoms with Crippen LogP contribution in [0, 0.1) is 10.1 Å². The Balaban J connectivity index is 1.56. The van der Waals surface area contributed by atoms with Gasteiger partial charge >= 0.3 is 0 Å². The van der Waals surface area contributed by atoms with E-state index in [1.807, 2.05) is 18.2 Å². The molecule has 0 aromatic heterocycles. The van der Waals surface area contributed by atoms with Gasteiger partial charge in [0.25, 0.3) is 5.69 Å². The van der Waals surface area contributed by atoms with Crippen molar-refractivity contribution in [3.63, 3.8) is 0 Å². The summed E-state index contributed by atoms with van der Waals surface area (Å²) >= 11 is 0. The van der Waals surface area contributed by atoms with Gasteiger partial charge in [-0.1, -0.05) is 48.5 Å². The summed E-state index contributed by atoms with van der Waals surface area (Å²) < 4.78 is 5.67. The number of rotatable bonds is 7. The zero-order valence-electron chi connectivity index (χ0n) is 14.3. The predicted molar refractivity (Wildman–Crippen MR) is 97.7 cm³/mol. The van der Waals surface area contributed by atoms with E-state index in [0.29, 0.717) is 6.04 Å². The van der Waals surface area contributed by atoms with Crippen molar-refractivity contribution in [2.75, 3.05) is 26.3 Å². The third-order valence-electron chi connectivity index (χ3n) is 4.74. The maximum absolute atomic E-state index is 11.1. The smallest absolute Gasteiger partial charge is 0.272 e. The highest BCUT2D eigenvalue weighted by Gasteiger charge is 2.23. The van der Waals surface area contributed by atoms with Gasteiger partial charge in [-0.05, 0) is 31.4 Å². The number of para-hydroxylation sites is 1. The first-order chi connectivity index (χ1) is 12.2. The SMILES string of the molecule is O=[N+]([O-])c1ccccc1CCCN1CCOC[C@@H]1Cc1ccccc1. The summed E-state index contributed by atoms with van der Waals surface area (Å²) in [5, 5.41) is 11.1. The Morgan fingerprint density at radius 3 is 2.68 bits per heavy atom. The van der Waals surface area contributed by atoms with Crippen LogP contribution in [0.1, 0.15) is 17.5 Å². The summed E-state index contributed by atoms with van der Waals surface area (Å²) in [6, 6.07) is 17.9. The molecule has 0 saturated carbocycles. The molecule has 0 unspecified atom stereocenters. The molecule has 0 radical (unpaired) electrons. The molecule has 1 aliphatic heterocycles. The lowest BCUT2D eigenvalue weighted by Crippen LogP contribution is -2.47. The molecule has 1 fully saturated rings. The van der Waals surface area contributed by atoms with Crippen molar-refractivity contribution in [1.82, 2.24) is 4.90 Å². The Labute approximate surface area is 148 Å². The molecule has 1 aliphatic rings. The number of nitro benzene ring substituents is 1. The molecule has 1 saturated heterocycles. The Hall–Kier alpha value is -2.24. The number of hydrogen-bond donors (Lipinski definition) is 0. The van der Waals surface area contributed by atoms with Crippen molar-refractivity contribution in [1.29, 1.82) is 0 Å². The van der Waals surface area contributed by atoms with E-state index in [1.165, 1.54) is 5.56 Å². The highest BCUT2D eigenvalue weighted by atomic mass is 16.6. The van der Waals surface area contributed by atoms with Crippen molar-refractivity contribution in [3.05, 3.63) is 75.8 Å². The van der Waals surface area contributed by atoms with E-state index in [9.17, 15) is 10.1 Å². The summed E-state index contributed by atoms with van der Waals surface area (Å²) in [5.74, 6) is 0. The number of ether oxygens (including phenoxy) is 1. The first kappa shape index (κ1) is 17.6. The molecule has 0 bridgehead atoms. The van der Waals surface area contributed by atoms with Gasteiger partial charge in [-0.15, -0.1) is 0 Å². The number of hydrogen-bond acceptors (Lipinski definition) is 4.